The predicted octanol–water partition coefficient (Wildman–Crippen LogP) is 4.32. The smallest absolute Gasteiger partial charge is 0.249 e. The lowest BCUT2D eigenvalue weighted by Gasteiger charge is -2.12. The van der Waals surface area contributed by atoms with E-state index in [1.165, 1.54) is 0 Å². The van der Waals surface area contributed by atoms with Crippen LogP contribution in [0.1, 0.15) is 11.1 Å². The van der Waals surface area contributed by atoms with E-state index in [2.05, 4.69) is 9.97 Å². The van der Waals surface area contributed by atoms with E-state index in [9.17, 15) is 21.0 Å². The number of oxazole rings is 2. The van der Waals surface area contributed by atoms with Crippen LogP contribution in [0.2, 0.25) is 0 Å². The first-order valence-electron chi connectivity index (χ1n) is 10.7. The van der Waals surface area contributed by atoms with Crippen molar-refractivity contribution in [2.24, 2.45) is 0 Å². The van der Waals surface area contributed by atoms with Crippen LogP contribution in [-0.2, 0) is 0 Å². The minimum atomic E-state index is -0.295. The monoisotopic (exact) mass is 466 g/mol. The highest BCUT2D eigenvalue weighted by molar-refractivity contribution is 6.15. The molecule has 0 saturated heterocycles. The Labute approximate surface area is 204 Å². The summed E-state index contributed by atoms with van der Waals surface area (Å²) in [5, 5.41) is 37.7. The molecule has 168 valence electrons. The third-order valence-corrected chi connectivity index (χ3v) is 5.74. The molecular weight excluding hydrogens is 452 g/mol. The highest BCUT2D eigenvalue weighted by atomic mass is 16.3. The van der Waals surface area contributed by atoms with Crippen LogP contribution in [0.5, 0.6) is 0 Å². The lowest BCUT2D eigenvalue weighted by Crippen LogP contribution is -2.04. The van der Waals surface area contributed by atoms with Gasteiger partial charge in [-0.15, -0.1) is 0 Å². The van der Waals surface area contributed by atoms with Crippen molar-refractivity contribution in [3.8, 4) is 46.5 Å². The van der Waals surface area contributed by atoms with Crippen molar-refractivity contribution in [1.29, 1.82) is 21.0 Å². The molecule has 8 heteroatoms. The molecule has 8 nitrogen and oxygen atoms in total. The summed E-state index contributed by atoms with van der Waals surface area (Å²) >= 11 is 0. The molecule has 5 aromatic rings. The van der Waals surface area contributed by atoms with E-state index in [4.69, 9.17) is 8.83 Å². The number of aryl methyl sites for hydroxylation is 2. The average molecular weight is 466 g/mol. The SMILES string of the molecule is Cc1ccc(-c2c(-c3ccc(C)cc3)c3oc(=C(C#N)C#N)nc3c3nc(=C(C#N)C#N)oc23)cc1. The molecular formula is C28H14N6O2. The van der Waals surface area contributed by atoms with Crippen molar-refractivity contribution in [3.05, 3.63) is 70.7 Å². The third-order valence-electron chi connectivity index (χ3n) is 5.74. The van der Waals surface area contributed by atoms with Gasteiger partial charge in [-0.25, -0.2) is 9.97 Å². The van der Waals surface area contributed by atoms with Crippen molar-refractivity contribution in [2.45, 2.75) is 13.8 Å². The maximum atomic E-state index is 9.41. The molecule has 0 unspecified atom stereocenters. The Hall–Kier alpha value is -5.70. The number of rotatable bonds is 2. The van der Waals surface area contributed by atoms with Crippen molar-refractivity contribution in [2.75, 3.05) is 0 Å². The molecule has 0 radical (unpaired) electrons. The van der Waals surface area contributed by atoms with Gasteiger partial charge in [0.15, 0.2) is 22.3 Å². The first-order valence-corrected chi connectivity index (χ1v) is 10.7. The molecule has 0 amide bonds. The number of nitrogens with zero attached hydrogens (tertiary/aromatic N) is 6. The molecule has 5 rings (SSSR count). The highest BCUT2D eigenvalue weighted by Gasteiger charge is 2.25. The Morgan fingerprint density at radius 2 is 0.917 bits per heavy atom. The molecule has 0 aliphatic heterocycles. The van der Waals surface area contributed by atoms with E-state index < -0.39 is 0 Å². The van der Waals surface area contributed by atoms with Crippen LogP contribution in [0, 0.1) is 59.2 Å². The van der Waals surface area contributed by atoms with Crippen LogP contribution in [0.25, 0.3) is 55.6 Å². The number of hydrogen-bond donors (Lipinski definition) is 0. The number of fused-ring (bicyclic) bond motifs is 3. The van der Waals surface area contributed by atoms with Gasteiger partial charge in [0, 0.05) is 11.1 Å². The van der Waals surface area contributed by atoms with Crippen molar-refractivity contribution in [1.82, 2.24) is 9.97 Å². The molecule has 0 aliphatic rings. The van der Waals surface area contributed by atoms with E-state index in [1.807, 2.05) is 62.4 Å². The largest absolute Gasteiger partial charge is 0.434 e. The molecule has 0 fully saturated rings. The molecule has 0 atom stereocenters. The first kappa shape index (κ1) is 22.1. The van der Waals surface area contributed by atoms with Gasteiger partial charge in [0.2, 0.25) is 11.1 Å². The molecule has 2 aromatic heterocycles. The van der Waals surface area contributed by atoms with Gasteiger partial charge >= 0.3 is 0 Å². The summed E-state index contributed by atoms with van der Waals surface area (Å²) < 4.78 is 12.1. The van der Waals surface area contributed by atoms with Gasteiger partial charge in [-0.1, -0.05) is 59.7 Å². The second kappa shape index (κ2) is 8.58. The van der Waals surface area contributed by atoms with Gasteiger partial charge in [0.1, 0.15) is 35.3 Å². The number of hydrogen-bond acceptors (Lipinski definition) is 8. The second-order valence-corrected chi connectivity index (χ2v) is 8.07. The maximum Gasteiger partial charge on any atom is 0.249 e. The fraction of sp³-hybridized carbons (Fsp3) is 0.0714. The van der Waals surface area contributed by atoms with E-state index in [0.717, 1.165) is 22.3 Å². The topological polar surface area (TPSA) is 147 Å². The van der Waals surface area contributed by atoms with Crippen LogP contribution >= 0.6 is 0 Å². The molecule has 2 heterocycles. The van der Waals surface area contributed by atoms with E-state index >= 15 is 0 Å². The third kappa shape index (κ3) is 3.44. The Balaban J connectivity index is 2.11. The molecule has 0 saturated carbocycles. The maximum absolute atomic E-state index is 9.41. The molecule has 36 heavy (non-hydrogen) atoms. The van der Waals surface area contributed by atoms with Gasteiger partial charge < -0.3 is 8.83 Å². The minimum absolute atomic E-state index is 0.153. The van der Waals surface area contributed by atoms with Crippen LogP contribution in [0.15, 0.2) is 57.4 Å². The van der Waals surface area contributed by atoms with Crippen LogP contribution < -0.4 is 11.1 Å². The Bertz CT molecular complexity index is 1800. The summed E-state index contributed by atoms with van der Waals surface area (Å²) in [5.74, 6) is 0. The fourth-order valence-corrected chi connectivity index (χ4v) is 3.97. The van der Waals surface area contributed by atoms with Crippen LogP contribution in [0.4, 0.5) is 0 Å². The lowest BCUT2D eigenvalue weighted by atomic mass is 9.92. The molecule has 3 aromatic carbocycles. The average Bonchev–Trinajstić information content (AvgIpc) is 3.51. The summed E-state index contributed by atoms with van der Waals surface area (Å²) in [5.41, 5.74) is 5.12. The van der Waals surface area contributed by atoms with Gasteiger partial charge in [0.05, 0.1) is 0 Å². The second-order valence-electron chi connectivity index (χ2n) is 8.07. The summed E-state index contributed by atoms with van der Waals surface area (Å²) in [4.78, 5) is 8.83. The Morgan fingerprint density at radius 3 is 1.22 bits per heavy atom. The number of nitriles is 4. The lowest BCUT2D eigenvalue weighted by molar-refractivity contribution is 0.557. The van der Waals surface area contributed by atoms with E-state index in [1.54, 1.807) is 24.3 Å². The zero-order valence-corrected chi connectivity index (χ0v) is 19.1. The van der Waals surface area contributed by atoms with E-state index in [-0.39, 0.29) is 33.3 Å². The summed E-state index contributed by atoms with van der Waals surface area (Å²) in [6.07, 6.45) is 0. The zero-order valence-electron chi connectivity index (χ0n) is 19.1. The van der Waals surface area contributed by atoms with Crippen LogP contribution in [-0.4, -0.2) is 9.97 Å². The molecule has 0 spiro atoms. The van der Waals surface area contributed by atoms with Gasteiger partial charge in [-0.05, 0) is 25.0 Å². The quantitative estimate of drug-likeness (QED) is 0.374. The molecule has 0 bridgehead atoms. The standard InChI is InChI=1S/C28H14N6O2/c1-15-3-7-17(8-4-15)21-22(18-9-5-16(2)6-10-18)26-24(34-28(36-26)20(13-31)14-32)23-25(21)35-27(33-23)19(11-29)12-30/h3-10H,1-2H3. The number of benzene rings is 3. The Morgan fingerprint density at radius 1 is 0.583 bits per heavy atom. The number of aromatic nitrogens is 2. The van der Waals surface area contributed by atoms with Crippen molar-refractivity contribution < 1.29 is 8.83 Å². The van der Waals surface area contributed by atoms with Gasteiger partial charge in [-0.2, -0.15) is 21.0 Å². The zero-order chi connectivity index (χ0) is 25.4. The highest BCUT2D eigenvalue weighted by Crippen LogP contribution is 2.43. The van der Waals surface area contributed by atoms with Crippen molar-refractivity contribution >= 4 is 33.3 Å². The summed E-state index contributed by atoms with van der Waals surface area (Å²) in [6, 6.07) is 22.7. The minimum Gasteiger partial charge on any atom is -0.434 e. The van der Waals surface area contributed by atoms with Crippen LogP contribution in [0.3, 0.4) is 0 Å². The Kier molecular flexibility index (Phi) is 5.27. The van der Waals surface area contributed by atoms with Gasteiger partial charge in [-0.3, -0.25) is 0 Å². The summed E-state index contributed by atoms with van der Waals surface area (Å²) in [7, 11) is 0. The summed E-state index contributed by atoms with van der Waals surface area (Å²) in [6.45, 7) is 3.95. The fourth-order valence-electron chi connectivity index (χ4n) is 3.97. The molecule has 0 aliphatic carbocycles. The van der Waals surface area contributed by atoms with Crippen molar-refractivity contribution in [3.63, 3.8) is 0 Å². The predicted molar refractivity (Wildman–Crippen MR) is 130 cm³/mol. The normalized spacial score (nSPS) is 10.4. The first-order chi connectivity index (χ1) is 17.5. The van der Waals surface area contributed by atoms with E-state index in [0.29, 0.717) is 22.3 Å². The molecule has 0 N–H and O–H groups in total. The van der Waals surface area contributed by atoms with Gasteiger partial charge in [0.25, 0.3) is 0 Å².